The molecule has 0 aliphatic rings. The molecule has 2 aromatic rings. The number of nitro groups is 1. The van der Waals surface area contributed by atoms with E-state index in [4.69, 9.17) is 14.3 Å². The number of oxime groups is 1. The molecule has 0 unspecified atom stereocenters. The second kappa shape index (κ2) is 10.5. The van der Waals surface area contributed by atoms with Crippen molar-refractivity contribution in [3.05, 3.63) is 45.1 Å². The number of rotatable bonds is 10. The maximum atomic E-state index is 13.1. The molecule has 0 N–H and O–H groups in total. The first-order valence-corrected chi connectivity index (χ1v) is 9.20. The SMILES string of the molecule is CC(=O)OCCCON=C(C)c1cc(Oc2nn(C)c(C(F)F)c2C)ccc1[N+](=O)[O-]. The molecule has 0 radical (unpaired) electrons. The smallest absolute Gasteiger partial charge is 0.302 e. The fraction of sp³-hybridized carbons (Fsp3) is 0.421. The van der Waals surface area contributed by atoms with E-state index < -0.39 is 17.3 Å². The fourth-order valence-corrected chi connectivity index (χ4v) is 2.69. The molecule has 31 heavy (non-hydrogen) atoms. The van der Waals surface area contributed by atoms with Crippen molar-refractivity contribution >= 4 is 17.4 Å². The summed E-state index contributed by atoms with van der Waals surface area (Å²) in [5, 5.41) is 19.2. The summed E-state index contributed by atoms with van der Waals surface area (Å²) in [4.78, 5) is 26.6. The van der Waals surface area contributed by atoms with Gasteiger partial charge < -0.3 is 14.3 Å². The van der Waals surface area contributed by atoms with Crippen LogP contribution in [0.4, 0.5) is 14.5 Å². The van der Waals surface area contributed by atoms with E-state index >= 15 is 0 Å². The lowest BCUT2D eigenvalue weighted by atomic mass is 10.1. The minimum atomic E-state index is -2.73. The number of aryl methyl sites for hydroxylation is 1. The van der Waals surface area contributed by atoms with Crippen LogP contribution in [0.3, 0.4) is 0 Å². The highest BCUT2D eigenvalue weighted by Gasteiger charge is 2.23. The van der Waals surface area contributed by atoms with Crippen molar-refractivity contribution in [1.82, 2.24) is 9.78 Å². The lowest BCUT2D eigenvalue weighted by Gasteiger charge is -2.08. The summed E-state index contributed by atoms with van der Waals surface area (Å²) in [5.74, 6) is -0.281. The molecule has 0 amide bonds. The fourth-order valence-electron chi connectivity index (χ4n) is 2.69. The van der Waals surface area contributed by atoms with Gasteiger partial charge in [0.1, 0.15) is 18.1 Å². The maximum absolute atomic E-state index is 13.1. The highest BCUT2D eigenvalue weighted by Crippen LogP contribution is 2.33. The summed E-state index contributed by atoms with van der Waals surface area (Å²) >= 11 is 0. The van der Waals surface area contributed by atoms with Gasteiger partial charge in [0.15, 0.2) is 0 Å². The normalized spacial score (nSPS) is 11.5. The van der Waals surface area contributed by atoms with Crippen LogP contribution in [0, 0.1) is 17.0 Å². The number of nitro benzene ring substituents is 1. The van der Waals surface area contributed by atoms with E-state index in [-0.39, 0.29) is 53.1 Å². The summed E-state index contributed by atoms with van der Waals surface area (Å²) in [6, 6.07) is 3.91. The van der Waals surface area contributed by atoms with Gasteiger partial charge in [0.25, 0.3) is 12.1 Å². The molecule has 0 atom stereocenters. The number of carbonyl (C=O) groups is 1. The molecule has 0 bridgehead atoms. The van der Waals surface area contributed by atoms with Crippen molar-refractivity contribution < 1.29 is 32.8 Å². The summed E-state index contributed by atoms with van der Waals surface area (Å²) in [5.41, 5.74) is -0.0140. The van der Waals surface area contributed by atoms with E-state index in [1.54, 1.807) is 0 Å². The summed E-state index contributed by atoms with van der Waals surface area (Å²) in [7, 11) is 1.37. The van der Waals surface area contributed by atoms with Gasteiger partial charge in [0.2, 0.25) is 5.88 Å². The number of halogens is 2. The zero-order valence-electron chi connectivity index (χ0n) is 17.4. The molecule has 1 aromatic carbocycles. The van der Waals surface area contributed by atoms with Gasteiger partial charge in [0.05, 0.1) is 22.8 Å². The second-order valence-electron chi connectivity index (χ2n) is 6.48. The average Bonchev–Trinajstić information content (AvgIpc) is 2.97. The van der Waals surface area contributed by atoms with E-state index in [0.717, 1.165) is 4.68 Å². The van der Waals surface area contributed by atoms with Crippen molar-refractivity contribution in [1.29, 1.82) is 0 Å². The molecule has 12 heteroatoms. The van der Waals surface area contributed by atoms with Crippen LogP contribution in [-0.2, 0) is 21.4 Å². The Labute approximate surface area is 176 Å². The van der Waals surface area contributed by atoms with E-state index in [2.05, 4.69) is 10.3 Å². The van der Waals surface area contributed by atoms with Crippen LogP contribution in [0.25, 0.3) is 0 Å². The van der Waals surface area contributed by atoms with Gasteiger partial charge in [-0.05, 0) is 26.0 Å². The van der Waals surface area contributed by atoms with Gasteiger partial charge in [-0.2, -0.15) is 0 Å². The predicted octanol–water partition coefficient (Wildman–Crippen LogP) is 4.06. The van der Waals surface area contributed by atoms with Crippen molar-refractivity contribution in [3.63, 3.8) is 0 Å². The van der Waals surface area contributed by atoms with Gasteiger partial charge in [0, 0.05) is 32.0 Å². The summed E-state index contributed by atoms with van der Waals surface area (Å²) < 4.78 is 37.7. The Morgan fingerprint density at radius 2 is 2.03 bits per heavy atom. The van der Waals surface area contributed by atoms with Gasteiger partial charge >= 0.3 is 5.97 Å². The Bertz CT molecular complexity index is 990. The molecule has 1 aromatic heterocycles. The lowest BCUT2D eigenvalue weighted by molar-refractivity contribution is -0.385. The van der Waals surface area contributed by atoms with Crippen molar-refractivity contribution in [2.45, 2.75) is 33.6 Å². The number of aromatic nitrogens is 2. The first kappa shape index (κ1) is 23.7. The third-order valence-electron chi connectivity index (χ3n) is 4.16. The van der Waals surface area contributed by atoms with E-state index in [0.29, 0.717) is 6.42 Å². The second-order valence-corrected chi connectivity index (χ2v) is 6.48. The number of alkyl halides is 2. The molecule has 0 aliphatic heterocycles. The molecule has 0 spiro atoms. The molecule has 1 heterocycles. The molecule has 0 saturated carbocycles. The first-order chi connectivity index (χ1) is 14.6. The molecular weight excluding hydrogens is 418 g/mol. The average molecular weight is 440 g/mol. The summed E-state index contributed by atoms with van der Waals surface area (Å²) in [6.07, 6.45) is -2.33. The Balaban J connectivity index is 2.21. The highest BCUT2D eigenvalue weighted by molar-refractivity contribution is 6.02. The zero-order valence-corrected chi connectivity index (χ0v) is 17.4. The number of hydrogen-bond donors (Lipinski definition) is 0. The van der Waals surface area contributed by atoms with Crippen LogP contribution in [0.15, 0.2) is 23.4 Å². The standard InChI is InChI=1S/C19H22F2N4O6/c1-11-17(18(20)21)24(4)22-19(11)31-14-6-7-16(25(27)28)15(10-14)12(2)23-30-9-5-8-29-13(3)26/h6-7,10,18H,5,8-9H2,1-4H3. The number of ether oxygens (including phenoxy) is 2. The Hall–Kier alpha value is -3.57. The van der Waals surface area contributed by atoms with E-state index in [1.807, 2.05) is 0 Å². The molecule has 168 valence electrons. The highest BCUT2D eigenvalue weighted by atomic mass is 19.3. The van der Waals surface area contributed by atoms with Crippen LogP contribution in [0.1, 0.15) is 43.5 Å². The topological polar surface area (TPSA) is 118 Å². The number of nitrogens with zero attached hydrogens (tertiary/aromatic N) is 4. The first-order valence-electron chi connectivity index (χ1n) is 9.20. The number of carbonyl (C=O) groups excluding carboxylic acids is 1. The minimum absolute atomic E-state index is 0.0334. The van der Waals surface area contributed by atoms with Gasteiger partial charge in [-0.15, -0.1) is 5.10 Å². The predicted molar refractivity (Wildman–Crippen MR) is 105 cm³/mol. The van der Waals surface area contributed by atoms with Gasteiger partial charge in [-0.25, -0.2) is 8.78 Å². The molecule has 0 saturated heterocycles. The van der Waals surface area contributed by atoms with Crippen LogP contribution >= 0.6 is 0 Å². The molecule has 10 nitrogen and oxygen atoms in total. The Morgan fingerprint density at radius 1 is 1.32 bits per heavy atom. The van der Waals surface area contributed by atoms with Gasteiger partial charge in [-0.3, -0.25) is 19.6 Å². The zero-order chi connectivity index (χ0) is 23.1. The quantitative estimate of drug-likeness (QED) is 0.180. The van der Waals surface area contributed by atoms with Crippen molar-refractivity contribution in [2.75, 3.05) is 13.2 Å². The van der Waals surface area contributed by atoms with E-state index in [9.17, 15) is 23.7 Å². The van der Waals surface area contributed by atoms with Crippen LogP contribution in [-0.4, -0.2) is 39.6 Å². The third-order valence-corrected chi connectivity index (χ3v) is 4.16. The van der Waals surface area contributed by atoms with Crippen LogP contribution in [0.5, 0.6) is 11.6 Å². The molecular formula is C19H22F2N4O6. The van der Waals surface area contributed by atoms with Crippen LogP contribution in [0.2, 0.25) is 0 Å². The monoisotopic (exact) mass is 440 g/mol. The molecule has 0 fully saturated rings. The maximum Gasteiger partial charge on any atom is 0.302 e. The number of esters is 1. The molecule has 0 aliphatic carbocycles. The van der Waals surface area contributed by atoms with Crippen molar-refractivity contribution in [3.8, 4) is 11.6 Å². The Kier molecular flexibility index (Phi) is 8.00. The van der Waals surface area contributed by atoms with Gasteiger partial charge in [-0.1, -0.05) is 5.16 Å². The van der Waals surface area contributed by atoms with E-state index in [1.165, 1.54) is 46.0 Å². The van der Waals surface area contributed by atoms with Crippen molar-refractivity contribution in [2.24, 2.45) is 12.2 Å². The number of hydrogen-bond acceptors (Lipinski definition) is 8. The summed E-state index contributed by atoms with van der Waals surface area (Å²) in [6.45, 7) is 4.55. The number of benzene rings is 1. The lowest BCUT2D eigenvalue weighted by Crippen LogP contribution is -2.05. The third kappa shape index (κ3) is 6.20. The Morgan fingerprint density at radius 3 is 2.61 bits per heavy atom. The molecule has 2 rings (SSSR count). The van der Waals surface area contributed by atoms with Crippen LogP contribution < -0.4 is 4.74 Å². The largest absolute Gasteiger partial charge is 0.466 e. The minimum Gasteiger partial charge on any atom is -0.466 e.